The van der Waals surface area contributed by atoms with Gasteiger partial charge >= 0.3 is 0 Å². The van der Waals surface area contributed by atoms with Crippen LogP contribution in [0.15, 0.2) is 0 Å². The van der Waals surface area contributed by atoms with Gasteiger partial charge in [0.2, 0.25) is 0 Å². The van der Waals surface area contributed by atoms with Crippen LogP contribution in [-0.4, -0.2) is 35.6 Å². The maximum Gasteiger partial charge on any atom is 0.0730 e. The van der Waals surface area contributed by atoms with Gasteiger partial charge in [0.15, 0.2) is 0 Å². The van der Waals surface area contributed by atoms with E-state index in [2.05, 4.69) is 6.92 Å². The quantitative estimate of drug-likeness (QED) is 0.773. The van der Waals surface area contributed by atoms with Crippen LogP contribution in [0.4, 0.5) is 0 Å². The van der Waals surface area contributed by atoms with Gasteiger partial charge in [-0.25, -0.2) is 0 Å². The molecule has 0 saturated heterocycles. The number of methoxy groups -OCH3 is 1. The second-order valence-corrected chi connectivity index (χ2v) is 5.94. The third-order valence-corrected chi connectivity index (χ3v) is 4.83. The lowest BCUT2D eigenvalue weighted by molar-refractivity contribution is -0.214. The van der Waals surface area contributed by atoms with Gasteiger partial charge in [0.25, 0.3) is 0 Å². The fourth-order valence-electron chi connectivity index (χ4n) is 3.64. The molecule has 2 aliphatic carbocycles. The lowest BCUT2D eigenvalue weighted by Crippen LogP contribution is -2.61. The predicted octanol–water partition coefficient (Wildman–Crippen LogP) is 1.72. The largest absolute Gasteiger partial charge is 0.396 e. The Morgan fingerprint density at radius 1 is 1.31 bits per heavy atom. The van der Waals surface area contributed by atoms with Crippen molar-refractivity contribution in [1.82, 2.24) is 0 Å². The third kappa shape index (κ3) is 1.79. The van der Waals surface area contributed by atoms with Gasteiger partial charge < -0.3 is 14.9 Å². The summed E-state index contributed by atoms with van der Waals surface area (Å²) in [6.07, 6.45) is 5.81. The minimum absolute atomic E-state index is 0.0933. The molecule has 0 amide bonds. The SMILES string of the molecule is COC1CC(CO)(C2(O)CCCC(C)C2)C1. The maximum absolute atomic E-state index is 10.8. The van der Waals surface area contributed by atoms with E-state index in [0.29, 0.717) is 5.92 Å². The highest BCUT2D eigenvalue weighted by molar-refractivity contribution is 5.08. The van der Waals surface area contributed by atoms with E-state index in [4.69, 9.17) is 4.74 Å². The minimum atomic E-state index is -0.658. The van der Waals surface area contributed by atoms with Crippen molar-refractivity contribution >= 4 is 0 Å². The summed E-state index contributed by atoms with van der Waals surface area (Å²) in [5.41, 5.74) is -0.948. The predicted molar refractivity (Wildman–Crippen MR) is 62.1 cm³/mol. The smallest absolute Gasteiger partial charge is 0.0730 e. The highest BCUT2D eigenvalue weighted by Gasteiger charge is 2.58. The number of rotatable bonds is 3. The van der Waals surface area contributed by atoms with Crippen LogP contribution in [0.3, 0.4) is 0 Å². The maximum atomic E-state index is 10.8. The number of hydrogen-bond acceptors (Lipinski definition) is 3. The fraction of sp³-hybridized carbons (Fsp3) is 1.00. The highest BCUT2D eigenvalue weighted by Crippen LogP contribution is 2.55. The van der Waals surface area contributed by atoms with Crippen molar-refractivity contribution in [3.05, 3.63) is 0 Å². The van der Waals surface area contributed by atoms with Gasteiger partial charge in [0, 0.05) is 12.5 Å². The molecule has 2 saturated carbocycles. The second-order valence-electron chi connectivity index (χ2n) is 5.94. The molecule has 0 heterocycles. The lowest BCUT2D eigenvalue weighted by Gasteiger charge is -2.57. The molecule has 2 rings (SSSR count). The Morgan fingerprint density at radius 3 is 2.50 bits per heavy atom. The van der Waals surface area contributed by atoms with Gasteiger partial charge in [-0.2, -0.15) is 0 Å². The van der Waals surface area contributed by atoms with E-state index in [9.17, 15) is 10.2 Å². The average Bonchev–Trinajstić information content (AvgIpc) is 2.16. The summed E-state index contributed by atoms with van der Waals surface area (Å²) in [4.78, 5) is 0. The van der Waals surface area contributed by atoms with Crippen LogP contribution >= 0.6 is 0 Å². The summed E-state index contributed by atoms with van der Waals surface area (Å²) in [5, 5.41) is 20.4. The van der Waals surface area contributed by atoms with Crippen molar-refractivity contribution in [3.63, 3.8) is 0 Å². The molecular formula is C13H24O3. The zero-order valence-electron chi connectivity index (χ0n) is 10.4. The summed E-state index contributed by atoms with van der Waals surface area (Å²) < 4.78 is 5.28. The molecule has 2 N–H and O–H groups in total. The molecule has 3 heteroatoms. The number of ether oxygens (including phenoxy) is 1. The van der Waals surface area contributed by atoms with Crippen molar-refractivity contribution in [1.29, 1.82) is 0 Å². The van der Waals surface area contributed by atoms with Crippen LogP contribution in [0.1, 0.15) is 45.4 Å². The Hall–Kier alpha value is -0.120. The first-order valence-electron chi connectivity index (χ1n) is 6.41. The molecule has 0 aromatic carbocycles. The van der Waals surface area contributed by atoms with E-state index in [1.807, 2.05) is 0 Å². The monoisotopic (exact) mass is 228 g/mol. The van der Waals surface area contributed by atoms with Gasteiger partial charge in [0.05, 0.1) is 18.3 Å². The van der Waals surface area contributed by atoms with Crippen LogP contribution in [0.2, 0.25) is 0 Å². The molecular weight excluding hydrogens is 204 g/mol. The second kappa shape index (κ2) is 4.28. The third-order valence-electron chi connectivity index (χ3n) is 4.83. The molecule has 2 fully saturated rings. The molecule has 0 radical (unpaired) electrons. The zero-order valence-corrected chi connectivity index (χ0v) is 10.4. The van der Waals surface area contributed by atoms with E-state index < -0.39 is 5.60 Å². The molecule has 0 spiro atoms. The van der Waals surface area contributed by atoms with Gasteiger partial charge in [-0.1, -0.05) is 19.8 Å². The van der Waals surface area contributed by atoms with Gasteiger partial charge in [0.1, 0.15) is 0 Å². The molecule has 16 heavy (non-hydrogen) atoms. The van der Waals surface area contributed by atoms with Crippen LogP contribution in [0, 0.1) is 11.3 Å². The first-order valence-corrected chi connectivity index (χ1v) is 6.41. The summed E-state index contributed by atoms with van der Waals surface area (Å²) in [6.45, 7) is 2.29. The first-order chi connectivity index (χ1) is 7.55. The summed E-state index contributed by atoms with van der Waals surface area (Å²) in [7, 11) is 1.71. The zero-order chi connectivity index (χ0) is 11.8. The van der Waals surface area contributed by atoms with Crippen molar-refractivity contribution in [2.24, 2.45) is 11.3 Å². The molecule has 0 bridgehead atoms. The van der Waals surface area contributed by atoms with Crippen molar-refractivity contribution in [3.8, 4) is 0 Å². The Morgan fingerprint density at radius 2 is 2.00 bits per heavy atom. The van der Waals surface area contributed by atoms with Gasteiger partial charge in [-0.05, 0) is 31.6 Å². The Kier molecular flexibility index (Phi) is 3.30. The van der Waals surface area contributed by atoms with Crippen molar-refractivity contribution < 1.29 is 14.9 Å². The molecule has 2 aliphatic rings. The van der Waals surface area contributed by atoms with Crippen LogP contribution < -0.4 is 0 Å². The van der Waals surface area contributed by atoms with E-state index in [1.165, 1.54) is 6.42 Å². The summed E-state index contributed by atoms with van der Waals surface area (Å²) >= 11 is 0. The highest BCUT2D eigenvalue weighted by atomic mass is 16.5. The van der Waals surface area contributed by atoms with E-state index in [0.717, 1.165) is 32.1 Å². The Bertz CT molecular complexity index is 248. The van der Waals surface area contributed by atoms with Crippen LogP contribution in [0.25, 0.3) is 0 Å². The summed E-state index contributed by atoms with van der Waals surface area (Å²) in [5.74, 6) is 0.573. The number of aliphatic hydroxyl groups is 2. The average molecular weight is 228 g/mol. The number of hydrogen-bond donors (Lipinski definition) is 2. The molecule has 0 aromatic rings. The van der Waals surface area contributed by atoms with Crippen molar-refractivity contribution in [2.45, 2.75) is 57.2 Å². The normalized spacial score (nSPS) is 48.8. The molecule has 2 atom stereocenters. The van der Waals surface area contributed by atoms with Gasteiger partial charge in [-0.3, -0.25) is 0 Å². The topological polar surface area (TPSA) is 49.7 Å². The summed E-state index contributed by atoms with van der Waals surface area (Å²) in [6, 6.07) is 0. The molecule has 94 valence electrons. The molecule has 0 aliphatic heterocycles. The van der Waals surface area contributed by atoms with Crippen molar-refractivity contribution in [2.75, 3.05) is 13.7 Å². The van der Waals surface area contributed by atoms with Crippen LogP contribution in [0.5, 0.6) is 0 Å². The fourth-order valence-corrected chi connectivity index (χ4v) is 3.64. The first kappa shape index (κ1) is 12.3. The standard InChI is InChI=1S/C13H24O3/c1-10-4-3-5-13(15,6-10)12(9-14)7-11(8-12)16-2/h10-11,14-15H,3-9H2,1-2H3. The van der Waals surface area contributed by atoms with E-state index in [1.54, 1.807) is 7.11 Å². The van der Waals surface area contributed by atoms with Gasteiger partial charge in [-0.15, -0.1) is 0 Å². The van der Waals surface area contributed by atoms with E-state index >= 15 is 0 Å². The molecule has 0 aromatic heterocycles. The Labute approximate surface area is 97.8 Å². The molecule has 3 nitrogen and oxygen atoms in total. The van der Waals surface area contributed by atoms with E-state index in [-0.39, 0.29) is 18.1 Å². The molecule has 2 unspecified atom stereocenters. The minimum Gasteiger partial charge on any atom is -0.396 e. The lowest BCUT2D eigenvalue weighted by atomic mass is 9.53. The Balaban J connectivity index is 2.09. The van der Waals surface area contributed by atoms with Crippen LogP contribution in [-0.2, 0) is 4.74 Å². The number of aliphatic hydroxyl groups excluding tert-OH is 1.